The summed E-state index contributed by atoms with van der Waals surface area (Å²) in [6.07, 6.45) is 0.608. The highest BCUT2D eigenvalue weighted by molar-refractivity contribution is 7.89. The van der Waals surface area contributed by atoms with Crippen molar-refractivity contribution in [2.45, 2.75) is 11.3 Å². The van der Waals surface area contributed by atoms with Crippen molar-refractivity contribution in [3.8, 4) is 5.75 Å². The Morgan fingerprint density at radius 2 is 2.23 bits per heavy atom. The van der Waals surface area contributed by atoms with E-state index in [4.69, 9.17) is 5.73 Å². The number of methoxy groups -OCH3 is 1. The monoisotopic (exact) mass is 333 g/mol. The number of ether oxygens (including phenoxy) is 1. The molecule has 2 rings (SSSR count). The minimum absolute atomic E-state index is 0.0351. The van der Waals surface area contributed by atoms with Crippen LogP contribution < -0.4 is 10.5 Å². The van der Waals surface area contributed by atoms with E-state index in [0.29, 0.717) is 13.0 Å². The van der Waals surface area contributed by atoms with Crippen LogP contribution in [0.4, 0.5) is 10.1 Å². The number of nitrogens with two attached hydrogens (primary N) is 1. The second kappa shape index (κ2) is 6.15. The van der Waals surface area contributed by atoms with E-state index in [-0.39, 0.29) is 19.0 Å². The van der Waals surface area contributed by atoms with Gasteiger partial charge in [0.2, 0.25) is 15.8 Å². The fourth-order valence-electron chi connectivity index (χ4n) is 2.40. The molecular weight excluding hydrogens is 317 g/mol. The molecular formula is C12H16FN3O5S. The number of hydrogen-bond acceptors (Lipinski definition) is 6. The van der Waals surface area contributed by atoms with Crippen molar-refractivity contribution < 1.29 is 22.5 Å². The highest BCUT2D eigenvalue weighted by atomic mass is 32.2. The summed E-state index contributed by atoms with van der Waals surface area (Å²) in [5.74, 6) is -1.65. The molecule has 122 valence electrons. The summed E-state index contributed by atoms with van der Waals surface area (Å²) >= 11 is 0. The van der Waals surface area contributed by atoms with E-state index in [0.717, 1.165) is 23.5 Å². The third-order valence-electron chi connectivity index (χ3n) is 3.62. The third-order valence-corrected chi connectivity index (χ3v) is 5.46. The van der Waals surface area contributed by atoms with Gasteiger partial charge in [0.25, 0.3) is 0 Å². The quantitative estimate of drug-likeness (QED) is 0.627. The molecule has 1 atom stereocenters. The molecule has 1 saturated heterocycles. The lowest BCUT2D eigenvalue weighted by Gasteiger charge is -2.16. The van der Waals surface area contributed by atoms with Gasteiger partial charge >= 0.3 is 5.69 Å². The molecule has 2 N–H and O–H groups in total. The van der Waals surface area contributed by atoms with Crippen molar-refractivity contribution in [2.24, 2.45) is 11.7 Å². The molecule has 0 saturated carbocycles. The van der Waals surface area contributed by atoms with Gasteiger partial charge in [0.15, 0.2) is 5.82 Å². The molecule has 0 aromatic heterocycles. The molecule has 1 unspecified atom stereocenters. The average molecular weight is 333 g/mol. The van der Waals surface area contributed by atoms with Crippen molar-refractivity contribution in [3.05, 3.63) is 28.1 Å². The first-order chi connectivity index (χ1) is 10.3. The van der Waals surface area contributed by atoms with Gasteiger partial charge in [-0.15, -0.1) is 0 Å². The van der Waals surface area contributed by atoms with Gasteiger partial charge in [0.1, 0.15) is 0 Å². The highest BCUT2D eigenvalue weighted by Crippen LogP contribution is 2.34. The smallest absolute Gasteiger partial charge is 0.315 e. The first-order valence-electron chi connectivity index (χ1n) is 6.53. The van der Waals surface area contributed by atoms with Gasteiger partial charge in [-0.1, -0.05) is 0 Å². The molecule has 0 aliphatic carbocycles. The molecule has 10 heteroatoms. The number of benzene rings is 1. The number of halogens is 1. The SMILES string of the molecule is COc1c(F)cc(S(=O)(=O)N2CCC(CN)C2)cc1[N+](=O)[O-]. The minimum atomic E-state index is -4.01. The Hall–Kier alpha value is -1.78. The number of nitro groups is 1. The van der Waals surface area contributed by atoms with Crippen molar-refractivity contribution in [2.75, 3.05) is 26.7 Å². The second-order valence-electron chi connectivity index (χ2n) is 4.97. The maximum Gasteiger partial charge on any atom is 0.315 e. The van der Waals surface area contributed by atoms with Gasteiger partial charge in [-0.2, -0.15) is 4.31 Å². The van der Waals surface area contributed by atoms with E-state index in [1.165, 1.54) is 0 Å². The van der Waals surface area contributed by atoms with Crippen LogP contribution >= 0.6 is 0 Å². The fourth-order valence-corrected chi connectivity index (χ4v) is 3.96. The molecule has 1 aromatic carbocycles. The highest BCUT2D eigenvalue weighted by Gasteiger charge is 2.34. The van der Waals surface area contributed by atoms with Gasteiger partial charge in [-0.3, -0.25) is 10.1 Å². The van der Waals surface area contributed by atoms with Crippen LogP contribution in [0, 0.1) is 21.8 Å². The molecule has 1 aliphatic heterocycles. The van der Waals surface area contributed by atoms with Crippen molar-refractivity contribution in [1.82, 2.24) is 4.31 Å². The minimum Gasteiger partial charge on any atom is -0.488 e. The van der Waals surface area contributed by atoms with Gasteiger partial charge in [-0.25, -0.2) is 12.8 Å². The Balaban J connectivity index is 2.46. The van der Waals surface area contributed by atoms with E-state index < -0.39 is 37.1 Å². The lowest BCUT2D eigenvalue weighted by atomic mass is 10.1. The lowest BCUT2D eigenvalue weighted by molar-refractivity contribution is -0.386. The van der Waals surface area contributed by atoms with Crippen LogP contribution in [0.25, 0.3) is 0 Å². The summed E-state index contributed by atoms with van der Waals surface area (Å²) in [7, 11) is -2.93. The largest absolute Gasteiger partial charge is 0.488 e. The van der Waals surface area contributed by atoms with Crippen LogP contribution in [0.5, 0.6) is 5.75 Å². The zero-order valence-corrected chi connectivity index (χ0v) is 12.7. The zero-order valence-electron chi connectivity index (χ0n) is 11.9. The summed E-state index contributed by atoms with van der Waals surface area (Å²) in [5, 5.41) is 11.0. The fraction of sp³-hybridized carbons (Fsp3) is 0.500. The maximum atomic E-state index is 13.9. The number of nitro benzene ring substituents is 1. The molecule has 0 bridgehead atoms. The van der Waals surface area contributed by atoms with Gasteiger partial charge in [0.05, 0.1) is 16.9 Å². The van der Waals surface area contributed by atoms with Crippen LogP contribution in [-0.2, 0) is 10.0 Å². The van der Waals surface area contributed by atoms with E-state index in [1.807, 2.05) is 0 Å². The Kier molecular flexibility index (Phi) is 4.63. The second-order valence-corrected chi connectivity index (χ2v) is 6.91. The standard InChI is InChI=1S/C12H16FN3O5S/c1-21-12-10(13)4-9(5-11(12)16(17)18)22(19,20)15-3-2-8(6-14)7-15/h4-5,8H,2-3,6-7,14H2,1H3. The molecule has 0 amide bonds. The third kappa shape index (κ3) is 2.89. The van der Waals surface area contributed by atoms with E-state index >= 15 is 0 Å². The van der Waals surface area contributed by atoms with E-state index in [9.17, 15) is 22.9 Å². The Labute approximate surface area is 126 Å². The Morgan fingerprint density at radius 3 is 2.73 bits per heavy atom. The van der Waals surface area contributed by atoms with Crippen molar-refractivity contribution in [1.29, 1.82) is 0 Å². The summed E-state index contributed by atoms with van der Waals surface area (Å²) in [6, 6.07) is 1.55. The molecule has 0 spiro atoms. The van der Waals surface area contributed by atoms with Crippen molar-refractivity contribution >= 4 is 15.7 Å². The van der Waals surface area contributed by atoms with Crippen LogP contribution in [0.3, 0.4) is 0 Å². The molecule has 1 heterocycles. The first kappa shape index (κ1) is 16.6. The van der Waals surface area contributed by atoms with E-state index in [1.54, 1.807) is 0 Å². The number of hydrogen-bond donors (Lipinski definition) is 1. The van der Waals surface area contributed by atoms with Gasteiger partial charge in [-0.05, 0) is 24.9 Å². The van der Waals surface area contributed by atoms with Crippen LogP contribution in [-0.4, -0.2) is 44.4 Å². The molecule has 8 nitrogen and oxygen atoms in total. The number of nitrogens with zero attached hydrogens (tertiary/aromatic N) is 2. The summed E-state index contributed by atoms with van der Waals surface area (Å²) in [4.78, 5) is 9.62. The zero-order chi connectivity index (χ0) is 16.5. The molecule has 1 aliphatic rings. The van der Waals surface area contributed by atoms with Gasteiger partial charge in [0, 0.05) is 19.2 Å². The topological polar surface area (TPSA) is 116 Å². The summed E-state index contributed by atoms with van der Waals surface area (Å²) in [5.41, 5.74) is 4.79. The predicted molar refractivity (Wildman–Crippen MR) is 75.5 cm³/mol. The first-order valence-corrected chi connectivity index (χ1v) is 7.97. The Morgan fingerprint density at radius 1 is 1.55 bits per heavy atom. The normalized spacial score (nSPS) is 19.3. The molecule has 0 radical (unpaired) electrons. The van der Waals surface area contributed by atoms with Crippen molar-refractivity contribution in [3.63, 3.8) is 0 Å². The number of rotatable bonds is 5. The molecule has 22 heavy (non-hydrogen) atoms. The van der Waals surface area contributed by atoms with Gasteiger partial charge < -0.3 is 10.5 Å². The summed E-state index contributed by atoms with van der Waals surface area (Å²) < 4.78 is 44.6. The van der Waals surface area contributed by atoms with Crippen LogP contribution in [0.1, 0.15) is 6.42 Å². The number of sulfonamides is 1. The van der Waals surface area contributed by atoms with Crippen LogP contribution in [0.2, 0.25) is 0 Å². The lowest BCUT2D eigenvalue weighted by Crippen LogP contribution is -2.30. The maximum absolute atomic E-state index is 13.9. The van der Waals surface area contributed by atoms with E-state index in [2.05, 4.69) is 4.74 Å². The predicted octanol–water partition coefficient (Wildman–Crippen LogP) is 0.712. The molecule has 1 aromatic rings. The molecule has 1 fully saturated rings. The summed E-state index contributed by atoms with van der Waals surface area (Å²) in [6.45, 7) is 0.828. The van der Waals surface area contributed by atoms with Crippen LogP contribution in [0.15, 0.2) is 17.0 Å². The average Bonchev–Trinajstić information content (AvgIpc) is 2.95. The Bertz CT molecular complexity index is 694.